The lowest BCUT2D eigenvalue weighted by Gasteiger charge is -2.21. The Morgan fingerprint density at radius 2 is 1.55 bits per heavy atom. The number of hydrogen-bond acceptors (Lipinski definition) is 3. The van der Waals surface area contributed by atoms with Gasteiger partial charge in [0.2, 0.25) is 6.79 Å². The van der Waals surface area contributed by atoms with Crippen molar-refractivity contribution in [2.24, 2.45) is 0 Å². The van der Waals surface area contributed by atoms with Crippen molar-refractivity contribution in [1.29, 1.82) is 0 Å². The minimum atomic E-state index is 0.250. The van der Waals surface area contributed by atoms with Crippen molar-refractivity contribution in [3.05, 3.63) is 59.7 Å². The monoisotopic (exact) mass is 269 g/mol. The van der Waals surface area contributed by atoms with Crippen LogP contribution in [0.3, 0.4) is 0 Å². The summed E-state index contributed by atoms with van der Waals surface area (Å²) in [6.07, 6.45) is 0. The lowest BCUT2D eigenvalue weighted by atomic mass is 10.0. The largest absolute Gasteiger partial charge is 0.454 e. The second kappa shape index (κ2) is 5.55. The quantitative estimate of drug-likeness (QED) is 0.915. The van der Waals surface area contributed by atoms with Crippen molar-refractivity contribution in [2.75, 3.05) is 6.79 Å². The molecule has 3 heteroatoms. The van der Waals surface area contributed by atoms with E-state index in [0.29, 0.717) is 12.8 Å². The second-order valence-electron chi connectivity index (χ2n) is 5.13. The molecule has 0 saturated heterocycles. The molecule has 0 amide bonds. The fourth-order valence-electron chi connectivity index (χ4n) is 2.49. The number of nitrogens with one attached hydrogen (secondary N) is 1. The van der Waals surface area contributed by atoms with Crippen molar-refractivity contribution < 1.29 is 9.47 Å². The molecule has 0 radical (unpaired) electrons. The van der Waals surface area contributed by atoms with Crippen LogP contribution in [0.4, 0.5) is 0 Å². The molecule has 0 bridgehead atoms. The van der Waals surface area contributed by atoms with Crippen molar-refractivity contribution in [3.63, 3.8) is 0 Å². The van der Waals surface area contributed by atoms with Gasteiger partial charge in [-0.1, -0.05) is 36.4 Å². The molecule has 1 aliphatic rings. The van der Waals surface area contributed by atoms with Crippen LogP contribution in [0.5, 0.6) is 11.5 Å². The maximum atomic E-state index is 5.43. The normalized spacial score (nSPS) is 15.9. The first-order chi connectivity index (χ1) is 9.74. The molecule has 1 heterocycles. The summed E-state index contributed by atoms with van der Waals surface area (Å²) < 4.78 is 10.8. The Labute approximate surface area is 119 Å². The van der Waals surface area contributed by atoms with Crippen molar-refractivity contribution in [2.45, 2.75) is 25.9 Å². The smallest absolute Gasteiger partial charge is 0.231 e. The average molecular weight is 269 g/mol. The summed E-state index contributed by atoms with van der Waals surface area (Å²) in [5, 5.41) is 3.61. The van der Waals surface area contributed by atoms with E-state index in [0.717, 1.165) is 11.5 Å². The summed E-state index contributed by atoms with van der Waals surface area (Å²) in [6.45, 7) is 4.66. The van der Waals surface area contributed by atoms with Crippen molar-refractivity contribution >= 4 is 0 Å². The summed E-state index contributed by atoms with van der Waals surface area (Å²) >= 11 is 0. The van der Waals surface area contributed by atoms with Crippen LogP contribution in [0.2, 0.25) is 0 Å². The molecule has 1 unspecified atom stereocenters. The summed E-state index contributed by atoms with van der Waals surface area (Å²) in [5.41, 5.74) is 2.50. The zero-order chi connectivity index (χ0) is 13.9. The van der Waals surface area contributed by atoms with Crippen molar-refractivity contribution in [3.8, 4) is 11.5 Å². The van der Waals surface area contributed by atoms with Crippen LogP contribution in [0.25, 0.3) is 0 Å². The van der Waals surface area contributed by atoms with Crippen molar-refractivity contribution in [1.82, 2.24) is 5.32 Å². The molecule has 2 aromatic carbocycles. The molecule has 0 aliphatic carbocycles. The molecule has 20 heavy (non-hydrogen) atoms. The average Bonchev–Trinajstić information content (AvgIpc) is 2.95. The third-order valence-electron chi connectivity index (χ3n) is 3.70. The molecule has 0 fully saturated rings. The fourth-order valence-corrected chi connectivity index (χ4v) is 2.49. The van der Waals surface area contributed by atoms with E-state index < -0.39 is 0 Å². The Hall–Kier alpha value is -2.00. The minimum Gasteiger partial charge on any atom is -0.454 e. The number of hydrogen-bond donors (Lipinski definition) is 1. The second-order valence-corrected chi connectivity index (χ2v) is 5.13. The van der Waals surface area contributed by atoms with Gasteiger partial charge in [-0.3, -0.25) is 0 Å². The summed E-state index contributed by atoms with van der Waals surface area (Å²) in [4.78, 5) is 0. The Morgan fingerprint density at radius 1 is 0.850 bits per heavy atom. The third-order valence-corrected chi connectivity index (χ3v) is 3.70. The van der Waals surface area contributed by atoms with Crippen LogP contribution in [-0.2, 0) is 0 Å². The van der Waals surface area contributed by atoms with Gasteiger partial charge in [-0.2, -0.15) is 0 Å². The highest BCUT2D eigenvalue weighted by atomic mass is 16.7. The summed E-state index contributed by atoms with van der Waals surface area (Å²) in [5.74, 6) is 1.67. The van der Waals surface area contributed by atoms with Gasteiger partial charge in [-0.25, -0.2) is 0 Å². The first-order valence-electron chi connectivity index (χ1n) is 6.94. The van der Waals surface area contributed by atoms with E-state index in [-0.39, 0.29) is 6.04 Å². The van der Waals surface area contributed by atoms with Gasteiger partial charge in [0, 0.05) is 12.1 Å². The molecule has 1 aliphatic heterocycles. The van der Waals surface area contributed by atoms with Crippen LogP contribution in [-0.4, -0.2) is 6.79 Å². The molecule has 3 nitrogen and oxygen atoms in total. The Morgan fingerprint density at radius 3 is 2.35 bits per heavy atom. The van der Waals surface area contributed by atoms with E-state index in [1.54, 1.807) is 0 Å². The van der Waals surface area contributed by atoms with E-state index in [4.69, 9.17) is 9.47 Å². The molecule has 0 aromatic heterocycles. The highest BCUT2D eigenvalue weighted by Crippen LogP contribution is 2.34. The lowest BCUT2D eigenvalue weighted by Crippen LogP contribution is -2.22. The van der Waals surface area contributed by atoms with Crippen LogP contribution in [0, 0.1) is 0 Å². The highest BCUT2D eigenvalue weighted by Gasteiger charge is 2.17. The number of benzene rings is 2. The standard InChI is InChI=1S/C17H19NO2/c1-12(14-6-4-3-5-7-14)18-13(2)15-8-9-16-17(10-15)20-11-19-16/h3-10,12-13,18H,11H2,1-2H3/t12-,13?/m1/s1. The highest BCUT2D eigenvalue weighted by molar-refractivity contribution is 5.45. The van der Waals surface area contributed by atoms with E-state index in [1.165, 1.54) is 11.1 Å². The predicted octanol–water partition coefficient (Wildman–Crippen LogP) is 3.83. The predicted molar refractivity (Wildman–Crippen MR) is 79.0 cm³/mol. The number of fused-ring (bicyclic) bond motifs is 1. The Balaban J connectivity index is 1.71. The SMILES string of the molecule is CC(N[C@H](C)c1ccccc1)c1ccc2c(c1)OCO2. The molecule has 0 saturated carbocycles. The molecular formula is C17H19NO2. The number of rotatable bonds is 4. The van der Waals surface area contributed by atoms with Gasteiger partial charge in [0.15, 0.2) is 11.5 Å². The van der Waals surface area contributed by atoms with Gasteiger partial charge in [-0.15, -0.1) is 0 Å². The topological polar surface area (TPSA) is 30.5 Å². The van der Waals surface area contributed by atoms with Gasteiger partial charge in [0.25, 0.3) is 0 Å². The molecule has 3 rings (SSSR count). The Kier molecular flexibility index (Phi) is 3.61. The van der Waals surface area contributed by atoms with Crippen LogP contribution >= 0.6 is 0 Å². The van der Waals surface area contributed by atoms with Gasteiger partial charge in [0.1, 0.15) is 0 Å². The van der Waals surface area contributed by atoms with Gasteiger partial charge in [0.05, 0.1) is 0 Å². The van der Waals surface area contributed by atoms with Gasteiger partial charge < -0.3 is 14.8 Å². The van der Waals surface area contributed by atoms with Crippen LogP contribution in [0.1, 0.15) is 37.1 Å². The maximum Gasteiger partial charge on any atom is 0.231 e. The summed E-state index contributed by atoms with van der Waals surface area (Å²) in [7, 11) is 0. The van der Waals surface area contributed by atoms with E-state index in [1.807, 2.05) is 12.1 Å². The fraction of sp³-hybridized carbons (Fsp3) is 0.294. The summed E-state index contributed by atoms with van der Waals surface area (Å²) in [6, 6.07) is 17.1. The number of ether oxygens (including phenoxy) is 2. The zero-order valence-electron chi connectivity index (χ0n) is 11.8. The minimum absolute atomic E-state index is 0.250. The van der Waals surface area contributed by atoms with Crippen LogP contribution < -0.4 is 14.8 Å². The molecule has 2 aromatic rings. The molecule has 1 N–H and O–H groups in total. The van der Waals surface area contributed by atoms with E-state index in [9.17, 15) is 0 Å². The first-order valence-corrected chi connectivity index (χ1v) is 6.94. The van der Waals surface area contributed by atoms with E-state index >= 15 is 0 Å². The third kappa shape index (κ3) is 2.63. The maximum absolute atomic E-state index is 5.43. The van der Waals surface area contributed by atoms with Crippen LogP contribution in [0.15, 0.2) is 48.5 Å². The molecule has 2 atom stereocenters. The van der Waals surface area contributed by atoms with Gasteiger partial charge >= 0.3 is 0 Å². The first kappa shape index (κ1) is 13.0. The molecular weight excluding hydrogens is 250 g/mol. The lowest BCUT2D eigenvalue weighted by molar-refractivity contribution is 0.174. The van der Waals surface area contributed by atoms with E-state index in [2.05, 4.69) is 55.6 Å². The molecule has 0 spiro atoms. The Bertz CT molecular complexity index is 583. The molecule has 104 valence electrons. The zero-order valence-corrected chi connectivity index (χ0v) is 11.8. The van der Waals surface area contributed by atoms with Gasteiger partial charge in [-0.05, 0) is 37.1 Å².